The third kappa shape index (κ3) is 4.88. The first-order valence-corrected chi connectivity index (χ1v) is 12.0. The van der Waals surface area contributed by atoms with Crippen LogP contribution in [0.4, 0.5) is 0 Å². The fourth-order valence-electron chi connectivity index (χ4n) is 4.80. The van der Waals surface area contributed by atoms with Gasteiger partial charge in [0.1, 0.15) is 0 Å². The van der Waals surface area contributed by atoms with E-state index in [9.17, 15) is 14.7 Å². The standard InChI is InChI=1S/C27H29N5O3/c1-27(2,35)14-13-17-7-12-23-22(15-28-32(23)16-17)25(33)29-19-10-8-18(9-11-19)24-20-5-3-4-6-21(20)26(34)31-30-24/h3-7,12-16,18-19,35H,8-11H2,1-2H3,(H,29,33)(H,31,34)/b14-13+/t18-,19-. The number of carbonyl (C=O) groups is 1. The van der Waals surface area contributed by atoms with Crippen LogP contribution in [0.2, 0.25) is 0 Å². The minimum Gasteiger partial charge on any atom is -0.386 e. The van der Waals surface area contributed by atoms with E-state index in [1.807, 2.05) is 48.7 Å². The molecule has 8 nitrogen and oxygen atoms in total. The molecule has 180 valence electrons. The second-order valence-electron chi connectivity index (χ2n) is 9.84. The molecule has 0 unspecified atom stereocenters. The van der Waals surface area contributed by atoms with E-state index < -0.39 is 5.60 Å². The number of H-pyrrole nitrogens is 1. The van der Waals surface area contributed by atoms with E-state index in [1.165, 1.54) is 0 Å². The first kappa shape index (κ1) is 23.0. The monoisotopic (exact) mass is 471 g/mol. The van der Waals surface area contributed by atoms with Crippen molar-refractivity contribution in [1.29, 1.82) is 0 Å². The maximum atomic E-state index is 13.0. The molecule has 1 aliphatic rings. The van der Waals surface area contributed by atoms with Crippen LogP contribution in [0.1, 0.15) is 67.1 Å². The summed E-state index contributed by atoms with van der Waals surface area (Å²) in [4.78, 5) is 25.1. The number of nitrogens with one attached hydrogen (secondary N) is 2. The molecule has 3 N–H and O–H groups in total. The molecule has 35 heavy (non-hydrogen) atoms. The average molecular weight is 472 g/mol. The largest absolute Gasteiger partial charge is 0.386 e. The van der Waals surface area contributed by atoms with E-state index in [2.05, 4.69) is 20.6 Å². The van der Waals surface area contributed by atoms with Gasteiger partial charge in [0.05, 0.1) is 34.0 Å². The van der Waals surface area contributed by atoms with Gasteiger partial charge < -0.3 is 10.4 Å². The van der Waals surface area contributed by atoms with Crippen LogP contribution in [0.3, 0.4) is 0 Å². The topological polar surface area (TPSA) is 112 Å². The zero-order chi connectivity index (χ0) is 24.6. The highest BCUT2D eigenvalue weighted by atomic mass is 16.3. The highest BCUT2D eigenvalue weighted by Gasteiger charge is 2.27. The van der Waals surface area contributed by atoms with Crippen LogP contribution in [0.25, 0.3) is 22.4 Å². The van der Waals surface area contributed by atoms with Crippen molar-refractivity contribution in [1.82, 2.24) is 25.1 Å². The van der Waals surface area contributed by atoms with Crippen molar-refractivity contribution in [2.75, 3.05) is 0 Å². The molecule has 3 aromatic heterocycles. The molecule has 5 rings (SSSR count). The van der Waals surface area contributed by atoms with Crippen LogP contribution < -0.4 is 10.9 Å². The van der Waals surface area contributed by atoms with Crippen molar-refractivity contribution in [3.63, 3.8) is 0 Å². The van der Waals surface area contributed by atoms with E-state index in [0.717, 1.165) is 47.8 Å². The SMILES string of the molecule is CC(C)(O)/C=C/c1ccc2c(C(=O)N[C@H]3CC[C@H](c4n[nH]c(=O)c5ccccc54)CC3)cnn2c1. The lowest BCUT2D eigenvalue weighted by Crippen LogP contribution is -2.37. The number of hydrogen-bond donors (Lipinski definition) is 3. The zero-order valence-electron chi connectivity index (χ0n) is 19.9. The van der Waals surface area contributed by atoms with Crippen LogP contribution in [0, 0.1) is 0 Å². The number of rotatable bonds is 5. The summed E-state index contributed by atoms with van der Waals surface area (Å²) in [5.41, 5.74) is 2.03. The predicted octanol–water partition coefficient (Wildman–Crippen LogP) is 3.81. The predicted molar refractivity (Wildman–Crippen MR) is 135 cm³/mol. The first-order valence-electron chi connectivity index (χ1n) is 12.0. The summed E-state index contributed by atoms with van der Waals surface area (Å²) < 4.78 is 1.68. The Bertz CT molecular complexity index is 1470. The number of aromatic nitrogens is 4. The van der Waals surface area contributed by atoms with E-state index in [4.69, 9.17) is 0 Å². The maximum absolute atomic E-state index is 13.0. The van der Waals surface area contributed by atoms with Gasteiger partial charge in [-0.2, -0.15) is 10.2 Å². The molecule has 0 spiro atoms. The Labute approximate surface area is 202 Å². The first-order chi connectivity index (χ1) is 16.8. The van der Waals surface area contributed by atoms with Crippen molar-refractivity contribution >= 4 is 28.3 Å². The van der Waals surface area contributed by atoms with Crippen molar-refractivity contribution in [3.8, 4) is 0 Å². The smallest absolute Gasteiger partial charge is 0.272 e. The van der Waals surface area contributed by atoms with Crippen molar-refractivity contribution in [2.45, 2.75) is 57.1 Å². The van der Waals surface area contributed by atoms with Gasteiger partial charge in [-0.15, -0.1) is 0 Å². The van der Waals surface area contributed by atoms with Crippen molar-refractivity contribution < 1.29 is 9.90 Å². The minimum absolute atomic E-state index is 0.0803. The number of carbonyl (C=O) groups excluding carboxylic acids is 1. The molecule has 0 saturated heterocycles. The fraction of sp³-hybridized carbons (Fsp3) is 0.333. The third-order valence-corrected chi connectivity index (χ3v) is 6.64. The van der Waals surface area contributed by atoms with Crippen LogP contribution >= 0.6 is 0 Å². The summed E-state index contributed by atoms with van der Waals surface area (Å²) in [6, 6.07) is 11.4. The van der Waals surface area contributed by atoms with Gasteiger partial charge in [-0.25, -0.2) is 9.61 Å². The molecule has 8 heteroatoms. The molecule has 1 aliphatic carbocycles. The number of aliphatic hydroxyl groups is 1. The van der Waals surface area contributed by atoms with Gasteiger partial charge in [0.25, 0.3) is 11.5 Å². The van der Waals surface area contributed by atoms with Crippen LogP contribution in [-0.2, 0) is 0 Å². The molecule has 1 aromatic carbocycles. The number of benzene rings is 1. The molecule has 0 bridgehead atoms. The summed E-state index contributed by atoms with van der Waals surface area (Å²) in [5, 5.41) is 26.0. The maximum Gasteiger partial charge on any atom is 0.272 e. The number of nitrogens with zero attached hydrogens (tertiary/aromatic N) is 3. The molecular formula is C27H29N5O3. The molecule has 1 fully saturated rings. The number of amides is 1. The fourth-order valence-corrected chi connectivity index (χ4v) is 4.80. The van der Waals surface area contributed by atoms with E-state index in [-0.39, 0.29) is 23.4 Å². The summed E-state index contributed by atoms with van der Waals surface area (Å²) in [6.45, 7) is 3.43. The Balaban J connectivity index is 1.25. The molecular weight excluding hydrogens is 442 g/mol. The molecule has 0 aliphatic heterocycles. The Hall–Kier alpha value is -3.78. The van der Waals surface area contributed by atoms with Gasteiger partial charge in [0.15, 0.2) is 0 Å². The van der Waals surface area contributed by atoms with Gasteiger partial charge in [-0.1, -0.05) is 36.4 Å². The van der Waals surface area contributed by atoms with E-state index in [0.29, 0.717) is 10.9 Å². The molecule has 0 atom stereocenters. The second kappa shape index (κ2) is 9.11. The summed E-state index contributed by atoms with van der Waals surface area (Å²) in [7, 11) is 0. The molecule has 1 saturated carbocycles. The number of pyridine rings is 1. The molecule has 0 radical (unpaired) electrons. The van der Waals surface area contributed by atoms with Crippen LogP contribution in [0.15, 0.2) is 59.7 Å². The van der Waals surface area contributed by atoms with Gasteiger partial charge in [-0.3, -0.25) is 9.59 Å². The van der Waals surface area contributed by atoms with Gasteiger partial charge in [0, 0.05) is 23.5 Å². The molecule has 3 heterocycles. The summed E-state index contributed by atoms with van der Waals surface area (Å²) in [6.07, 6.45) is 10.4. The summed E-state index contributed by atoms with van der Waals surface area (Å²) in [5.74, 6) is 0.119. The van der Waals surface area contributed by atoms with Gasteiger partial charge in [0.2, 0.25) is 0 Å². The van der Waals surface area contributed by atoms with Gasteiger partial charge in [-0.05, 0) is 57.2 Å². The molecule has 4 aromatic rings. The average Bonchev–Trinajstić information content (AvgIpc) is 3.27. The van der Waals surface area contributed by atoms with Gasteiger partial charge >= 0.3 is 0 Å². The Morgan fingerprint density at radius 2 is 1.89 bits per heavy atom. The number of fused-ring (bicyclic) bond motifs is 2. The van der Waals surface area contributed by atoms with Crippen molar-refractivity contribution in [3.05, 3.63) is 82.0 Å². The lowest BCUT2D eigenvalue weighted by Gasteiger charge is -2.29. The Kier molecular flexibility index (Phi) is 5.98. The van der Waals surface area contributed by atoms with E-state index in [1.54, 1.807) is 30.6 Å². The normalized spacial score (nSPS) is 18.9. The lowest BCUT2D eigenvalue weighted by atomic mass is 9.82. The highest BCUT2D eigenvalue weighted by molar-refractivity contribution is 6.00. The zero-order valence-corrected chi connectivity index (χ0v) is 19.9. The minimum atomic E-state index is -0.899. The second-order valence-corrected chi connectivity index (χ2v) is 9.84. The highest BCUT2D eigenvalue weighted by Crippen LogP contribution is 2.34. The third-order valence-electron chi connectivity index (χ3n) is 6.64. The van der Waals surface area contributed by atoms with E-state index >= 15 is 0 Å². The Morgan fingerprint density at radius 3 is 2.63 bits per heavy atom. The summed E-state index contributed by atoms with van der Waals surface area (Å²) >= 11 is 0. The van der Waals surface area contributed by atoms with Crippen LogP contribution in [0.5, 0.6) is 0 Å². The lowest BCUT2D eigenvalue weighted by molar-refractivity contribution is 0.0927. The van der Waals surface area contributed by atoms with Crippen LogP contribution in [-0.4, -0.2) is 42.5 Å². The quantitative estimate of drug-likeness (QED) is 0.410. The number of hydrogen-bond acceptors (Lipinski definition) is 5. The number of aromatic amines is 1. The molecule has 1 amide bonds. The van der Waals surface area contributed by atoms with Crippen molar-refractivity contribution in [2.24, 2.45) is 0 Å². The Morgan fingerprint density at radius 1 is 1.14 bits per heavy atom.